The normalized spacial score (nSPS) is 6.62. The zero-order chi connectivity index (χ0) is 9.98. The molecule has 0 bridgehead atoms. The maximum absolute atomic E-state index is 2.12. The minimum Gasteiger partial charge on any atom is -0.0776 e. The van der Waals surface area contributed by atoms with Crippen LogP contribution in [0.2, 0.25) is 0 Å². The first-order valence-electron chi connectivity index (χ1n) is 4.83. The summed E-state index contributed by atoms with van der Waals surface area (Å²) in [4.78, 5) is 0. The predicted octanol–water partition coefficient (Wildman–Crippen LogP) is 4.99. The summed E-state index contributed by atoms with van der Waals surface area (Å²) in [6, 6.07) is 8.36. The Morgan fingerprint density at radius 1 is 0.692 bits per heavy atom. The summed E-state index contributed by atoms with van der Waals surface area (Å²) in [6.07, 6.45) is 0. The fourth-order valence-corrected chi connectivity index (χ4v) is 0.663. The van der Waals surface area contributed by atoms with Gasteiger partial charge in [0.25, 0.3) is 0 Å². The number of hydrogen-bond acceptors (Lipinski definition) is 0. The molecular formula is C13H26. The van der Waals surface area contributed by atoms with Crippen LogP contribution in [0.3, 0.4) is 0 Å². The van der Waals surface area contributed by atoms with Gasteiger partial charge in [-0.15, -0.1) is 0 Å². The molecule has 0 spiro atoms. The summed E-state index contributed by atoms with van der Waals surface area (Å²) in [6.45, 7) is 12.2. The van der Waals surface area contributed by atoms with E-state index in [9.17, 15) is 0 Å². The lowest BCUT2D eigenvalue weighted by atomic mass is 10.1. The number of benzene rings is 1. The average molecular weight is 182 g/mol. The molecule has 0 N–H and O–H groups in total. The predicted molar refractivity (Wildman–Crippen MR) is 65.3 cm³/mol. The van der Waals surface area contributed by atoms with Gasteiger partial charge in [-0.3, -0.25) is 0 Å². The highest BCUT2D eigenvalue weighted by Crippen LogP contribution is 2.02. The van der Waals surface area contributed by atoms with Crippen LogP contribution >= 0.6 is 0 Å². The van der Waals surface area contributed by atoms with E-state index in [2.05, 4.69) is 38.1 Å². The second-order valence-corrected chi connectivity index (χ2v) is 2.08. The highest BCUT2D eigenvalue weighted by Gasteiger charge is 1.83. The van der Waals surface area contributed by atoms with Gasteiger partial charge in [-0.25, -0.2) is 0 Å². The van der Waals surface area contributed by atoms with Crippen LogP contribution in [-0.2, 0) is 0 Å². The van der Waals surface area contributed by atoms with E-state index in [0.717, 1.165) is 0 Å². The molecular weight excluding hydrogens is 156 g/mol. The Kier molecular flexibility index (Phi) is 19.2. The Morgan fingerprint density at radius 3 is 1.08 bits per heavy atom. The molecule has 0 aliphatic rings. The molecule has 0 heteroatoms. The first-order valence-corrected chi connectivity index (χ1v) is 4.83. The summed E-state index contributed by atoms with van der Waals surface area (Å²) in [7, 11) is 0. The fourth-order valence-electron chi connectivity index (χ4n) is 0.663. The highest BCUT2D eigenvalue weighted by atomic mass is 13.9. The summed E-state index contributed by atoms with van der Waals surface area (Å²) in [5.74, 6) is 0. The van der Waals surface area contributed by atoms with Gasteiger partial charge in [-0.1, -0.05) is 59.4 Å². The average Bonchev–Trinajstić information content (AvgIpc) is 2.17. The van der Waals surface area contributed by atoms with Gasteiger partial charge in [0.05, 0.1) is 0 Å². The molecule has 0 heterocycles. The number of aryl methyl sites for hydroxylation is 2. The summed E-state index contributed by atoms with van der Waals surface area (Å²) in [5.41, 5.74) is 2.74. The topological polar surface area (TPSA) is 0 Å². The third-order valence-electron chi connectivity index (χ3n) is 1.43. The van der Waals surface area contributed by atoms with Gasteiger partial charge in [-0.05, 0) is 25.0 Å². The second-order valence-electron chi connectivity index (χ2n) is 2.08. The molecule has 0 aliphatic carbocycles. The smallest absolute Gasteiger partial charge is 0.0395 e. The Morgan fingerprint density at radius 2 is 0.923 bits per heavy atom. The lowest BCUT2D eigenvalue weighted by Gasteiger charge is -1.93. The maximum atomic E-state index is 2.12. The van der Waals surface area contributed by atoms with Crippen molar-refractivity contribution in [1.82, 2.24) is 0 Å². The largest absolute Gasteiger partial charge is 0.0776 e. The molecule has 0 saturated carbocycles. The zero-order valence-electron chi connectivity index (χ0n) is 9.31. The minimum atomic E-state index is 0. The molecule has 0 amide bonds. The van der Waals surface area contributed by atoms with E-state index in [1.54, 1.807) is 0 Å². The van der Waals surface area contributed by atoms with Gasteiger partial charge in [-0.2, -0.15) is 0 Å². The molecule has 0 fully saturated rings. The molecule has 0 radical (unpaired) electrons. The molecule has 0 atom stereocenters. The van der Waals surface area contributed by atoms with Crippen LogP contribution in [0.5, 0.6) is 0 Å². The van der Waals surface area contributed by atoms with E-state index in [1.807, 2.05) is 27.7 Å². The van der Waals surface area contributed by atoms with Gasteiger partial charge in [0.1, 0.15) is 0 Å². The molecule has 0 unspecified atom stereocenters. The number of rotatable bonds is 0. The van der Waals surface area contributed by atoms with Crippen LogP contribution < -0.4 is 0 Å². The summed E-state index contributed by atoms with van der Waals surface area (Å²) < 4.78 is 0. The summed E-state index contributed by atoms with van der Waals surface area (Å²) >= 11 is 0. The SMILES string of the molecule is C.CC.CC.Cc1ccccc1C. The maximum Gasteiger partial charge on any atom is -0.0395 e. The van der Waals surface area contributed by atoms with Crippen molar-refractivity contribution in [3.05, 3.63) is 35.4 Å². The van der Waals surface area contributed by atoms with Crippen molar-refractivity contribution in [2.45, 2.75) is 49.0 Å². The van der Waals surface area contributed by atoms with Crippen molar-refractivity contribution in [2.75, 3.05) is 0 Å². The van der Waals surface area contributed by atoms with Crippen molar-refractivity contribution in [3.63, 3.8) is 0 Å². The van der Waals surface area contributed by atoms with Crippen LogP contribution in [0.25, 0.3) is 0 Å². The molecule has 0 nitrogen and oxygen atoms in total. The first-order chi connectivity index (χ1) is 5.80. The molecule has 1 aromatic carbocycles. The monoisotopic (exact) mass is 182 g/mol. The van der Waals surface area contributed by atoms with E-state index in [1.165, 1.54) is 11.1 Å². The van der Waals surface area contributed by atoms with Crippen LogP contribution in [0.1, 0.15) is 46.2 Å². The Labute approximate surface area is 85.0 Å². The van der Waals surface area contributed by atoms with Crippen LogP contribution in [-0.4, -0.2) is 0 Å². The molecule has 1 rings (SSSR count). The standard InChI is InChI=1S/C8H10.2C2H6.CH4/c1-7-5-3-4-6-8(7)2;2*1-2;/h3-6H,1-2H3;2*1-2H3;1H4. The lowest BCUT2D eigenvalue weighted by molar-refractivity contribution is 1.34. The Hall–Kier alpha value is -0.780. The second kappa shape index (κ2) is 13.8. The van der Waals surface area contributed by atoms with Gasteiger partial charge < -0.3 is 0 Å². The Bertz CT molecular complexity index is 156. The van der Waals surface area contributed by atoms with E-state index in [-0.39, 0.29) is 7.43 Å². The van der Waals surface area contributed by atoms with Crippen LogP contribution in [0.15, 0.2) is 24.3 Å². The fraction of sp³-hybridized carbons (Fsp3) is 0.538. The van der Waals surface area contributed by atoms with E-state index in [4.69, 9.17) is 0 Å². The zero-order valence-corrected chi connectivity index (χ0v) is 9.31. The van der Waals surface area contributed by atoms with Crippen LogP contribution in [0.4, 0.5) is 0 Å². The van der Waals surface area contributed by atoms with Crippen LogP contribution in [0, 0.1) is 13.8 Å². The first kappa shape index (κ1) is 18.1. The molecule has 1 aromatic rings. The minimum absolute atomic E-state index is 0. The van der Waals surface area contributed by atoms with Crippen molar-refractivity contribution in [2.24, 2.45) is 0 Å². The quantitative estimate of drug-likeness (QED) is 0.530. The van der Waals surface area contributed by atoms with E-state index < -0.39 is 0 Å². The third kappa shape index (κ3) is 9.13. The third-order valence-corrected chi connectivity index (χ3v) is 1.43. The molecule has 0 aromatic heterocycles. The van der Waals surface area contributed by atoms with E-state index >= 15 is 0 Å². The summed E-state index contributed by atoms with van der Waals surface area (Å²) in [5, 5.41) is 0. The molecule has 0 aliphatic heterocycles. The van der Waals surface area contributed by atoms with Gasteiger partial charge >= 0.3 is 0 Å². The van der Waals surface area contributed by atoms with E-state index in [0.29, 0.717) is 0 Å². The van der Waals surface area contributed by atoms with Gasteiger partial charge in [0, 0.05) is 0 Å². The molecule has 13 heavy (non-hydrogen) atoms. The van der Waals surface area contributed by atoms with Crippen molar-refractivity contribution < 1.29 is 0 Å². The lowest BCUT2D eigenvalue weighted by Crippen LogP contribution is -1.74. The van der Waals surface area contributed by atoms with Gasteiger partial charge in [0.15, 0.2) is 0 Å². The molecule has 0 saturated heterocycles. The van der Waals surface area contributed by atoms with Crippen molar-refractivity contribution in [3.8, 4) is 0 Å². The highest BCUT2D eigenvalue weighted by molar-refractivity contribution is 5.23. The number of hydrogen-bond donors (Lipinski definition) is 0. The van der Waals surface area contributed by atoms with Crippen molar-refractivity contribution in [1.29, 1.82) is 0 Å². The van der Waals surface area contributed by atoms with Crippen molar-refractivity contribution >= 4 is 0 Å². The van der Waals surface area contributed by atoms with Gasteiger partial charge in [0.2, 0.25) is 0 Å². The molecule has 78 valence electrons. The Balaban J connectivity index is -0.000000178.